The highest BCUT2D eigenvalue weighted by atomic mass is 35.5. The van der Waals surface area contributed by atoms with Crippen LogP contribution in [-0.2, 0) is 5.54 Å². The third-order valence-corrected chi connectivity index (χ3v) is 3.40. The lowest BCUT2D eigenvalue weighted by atomic mass is 9.86. The molecule has 1 fully saturated rings. The minimum Gasteiger partial charge on any atom is -0.393 e. The van der Waals surface area contributed by atoms with E-state index in [0.29, 0.717) is 6.42 Å². The standard InChI is InChI=1S/C11H12ClF2NO/c12-8-4-2-1-3-6(8)11(15,10(13)14)7-5-9(7)16/h1-4,7,9-10,16H,5,15H2. The Balaban J connectivity index is 2.44. The number of alkyl halides is 2. The van der Waals surface area contributed by atoms with Gasteiger partial charge in [-0.2, -0.15) is 0 Å². The van der Waals surface area contributed by atoms with E-state index in [2.05, 4.69) is 0 Å². The van der Waals surface area contributed by atoms with E-state index in [1.165, 1.54) is 12.1 Å². The van der Waals surface area contributed by atoms with E-state index in [1.54, 1.807) is 12.1 Å². The number of aliphatic hydroxyl groups is 1. The summed E-state index contributed by atoms with van der Waals surface area (Å²) >= 11 is 5.88. The van der Waals surface area contributed by atoms with E-state index in [4.69, 9.17) is 17.3 Å². The van der Waals surface area contributed by atoms with Crippen molar-refractivity contribution < 1.29 is 13.9 Å². The van der Waals surface area contributed by atoms with Gasteiger partial charge >= 0.3 is 0 Å². The number of benzene rings is 1. The van der Waals surface area contributed by atoms with Crippen LogP contribution in [0.4, 0.5) is 8.78 Å². The summed E-state index contributed by atoms with van der Waals surface area (Å²) < 4.78 is 26.2. The summed E-state index contributed by atoms with van der Waals surface area (Å²) in [5.41, 5.74) is 4.12. The zero-order valence-electron chi connectivity index (χ0n) is 8.41. The number of aliphatic hydroxyl groups excluding tert-OH is 1. The summed E-state index contributed by atoms with van der Waals surface area (Å²) in [6, 6.07) is 6.27. The third-order valence-electron chi connectivity index (χ3n) is 3.07. The van der Waals surface area contributed by atoms with Crippen LogP contribution in [-0.4, -0.2) is 17.6 Å². The Hall–Kier alpha value is -0.710. The molecule has 0 heterocycles. The number of rotatable bonds is 3. The van der Waals surface area contributed by atoms with Gasteiger partial charge < -0.3 is 10.8 Å². The van der Waals surface area contributed by atoms with Gasteiger partial charge in [0.2, 0.25) is 0 Å². The molecule has 5 heteroatoms. The molecule has 88 valence electrons. The second-order valence-electron chi connectivity index (χ2n) is 4.12. The minimum atomic E-state index is -2.76. The van der Waals surface area contributed by atoms with E-state index in [0.717, 1.165) is 0 Å². The van der Waals surface area contributed by atoms with Gasteiger partial charge in [-0.25, -0.2) is 8.78 Å². The zero-order valence-corrected chi connectivity index (χ0v) is 9.16. The smallest absolute Gasteiger partial charge is 0.260 e. The quantitative estimate of drug-likeness (QED) is 0.860. The topological polar surface area (TPSA) is 46.2 Å². The van der Waals surface area contributed by atoms with E-state index in [1.807, 2.05) is 0 Å². The molecule has 2 rings (SSSR count). The molecule has 1 aliphatic carbocycles. The van der Waals surface area contributed by atoms with Crippen LogP contribution >= 0.6 is 11.6 Å². The highest BCUT2D eigenvalue weighted by Crippen LogP contribution is 2.49. The second kappa shape index (κ2) is 3.95. The summed E-state index contributed by atoms with van der Waals surface area (Å²) in [6.45, 7) is 0. The molecule has 1 aliphatic rings. The molecule has 3 atom stereocenters. The highest BCUT2D eigenvalue weighted by molar-refractivity contribution is 6.31. The first-order valence-corrected chi connectivity index (χ1v) is 5.35. The molecule has 1 aromatic rings. The molecule has 2 nitrogen and oxygen atoms in total. The van der Waals surface area contributed by atoms with Crippen molar-refractivity contribution in [3.8, 4) is 0 Å². The average molecular weight is 248 g/mol. The average Bonchev–Trinajstić information content (AvgIpc) is 2.95. The van der Waals surface area contributed by atoms with E-state index in [9.17, 15) is 13.9 Å². The predicted octanol–water partition coefficient (Wildman–Crippen LogP) is 2.14. The Labute approximate surface area is 97.0 Å². The molecule has 0 bridgehead atoms. The summed E-state index contributed by atoms with van der Waals surface area (Å²) in [5.74, 6) is -0.618. The molecule has 0 aromatic heterocycles. The first-order valence-electron chi connectivity index (χ1n) is 4.98. The maximum absolute atomic E-state index is 13.1. The van der Waals surface area contributed by atoms with Crippen LogP contribution in [0.5, 0.6) is 0 Å². The molecule has 0 aliphatic heterocycles. The third kappa shape index (κ3) is 1.71. The first kappa shape index (κ1) is 11.8. The van der Waals surface area contributed by atoms with Crippen molar-refractivity contribution in [3.05, 3.63) is 34.9 Å². The van der Waals surface area contributed by atoms with Crippen molar-refractivity contribution in [2.45, 2.75) is 24.5 Å². The normalized spacial score (nSPS) is 27.9. The lowest BCUT2D eigenvalue weighted by Gasteiger charge is -2.30. The molecular formula is C11H12ClF2NO. The Morgan fingerprint density at radius 2 is 2.00 bits per heavy atom. The Bertz CT molecular complexity index is 401. The van der Waals surface area contributed by atoms with Crippen LogP contribution in [0.1, 0.15) is 12.0 Å². The van der Waals surface area contributed by atoms with E-state index >= 15 is 0 Å². The van der Waals surface area contributed by atoms with Crippen LogP contribution in [0.15, 0.2) is 24.3 Å². The van der Waals surface area contributed by atoms with Crippen molar-refractivity contribution in [1.29, 1.82) is 0 Å². The molecule has 0 spiro atoms. The minimum absolute atomic E-state index is 0.202. The summed E-state index contributed by atoms with van der Waals surface area (Å²) in [6.07, 6.45) is -3.21. The predicted molar refractivity (Wildman–Crippen MR) is 57.4 cm³/mol. The van der Waals surface area contributed by atoms with Crippen molar-refractivity contribution in [1.82, 2.24) is 0 Å². The summed E-state index contributed by atoms with van der Waals surface area (Å²) in [7, 11) is 0. The molecule has 1 saturated carbocycles. The number of hydrogen-bond donors (Lipinski definition) is 2. The van der Waals surface area contributed by atoms with Crippen molar-refractivity contribution in [3.63, 3.8) is 0 Å². The fourth-order valence-corrected chi connectivity index (χ4v) is 2.29. The van der Waals surface area contributed by atoms with Gasteiger partial charge in [-0.05, 0) is 18.1 Å². The van der Waals surface area contributed by atoms with Crippen LogP contribution in [0.25, 0.3) is 0 Å². The largest absolute Gasteiger partial charge is 0.393 e. The lowest BCUT2D eigenvalue weighted by molar-refractivity contribution is 0.0283. The molecular weight excluding hydrogens is 236 g/mol. The molecule has 16 heavy (non-hydrogen) atoms. The molecule has 0 saturated heterocycles. The number of nitrogens with two attached hydrogens (primary N) is 1. The number of hydrogen-bond acceptors (Lipinski definition) is 2. The number of halogens is 3. The monoisotopic (exact) mass is 247 g/mol. The van der Waals surface area contributed by atoms with Crippen LogP contribution in [0.2, 0.25) is 5.02 Å². The van der Waals surface area contributed by atoms with E-state index < -0.39 is 24.0 Å². The van der Waals surface area contributed by atoms with Gasteiger partial charge in [-0.1, -0.05) is 29.8 Å². The van der Waals surface area contributed by atoms with Crippen LogP contribution in [0.3, 0.4) is 0 Å². The Kier molecular flexibility index (Phi) is 2.90. The second-order valence-corrected chi connectivity index (χ2v) is 4.53. The fourth-order valence-electron chi connectivity index (χ4n) is 1.99. The summed E-state index contributed by atoms with van der Waals surface area (Å²) in [4.78, 5) is 0. The van der Waals surface area contributed by atoms with Gasteiger partial charge in [-0.3, -0.25) is 0 Å². The van der Waals surface area contributed by atoms with Crippen LogP contribution in [0, 0.1) is 5.92 Å². The van der Waals surface area contributed by atoms with Gasteiger partial charge in [0.1, 0.15) is 5.54 Å². The Morgan fingerprint density at radius 3 is 2.44 bits per heavy atom. The maximum Gasteiger partial charge on any atom is 0.260 e. The fraction of sp³-hybridized carbons (Fsp3) is 0.455. The molecule has 1 aromatic carbocycles. The van der Waals surface area contributed by atoms with Crippen molar-refractivity contribution >= 4 is 11.6 Å². The summed E-state index contributed by atoms with van der Waals surface area (Å²) in [5, 5.41) is 9.52. The van der Waals surface area contributed by atoms with Crippen LogP contribution < -0.4 is 5.73 Å². The molecule has 3 unspecified atom stereocenters. The van der Waals surface area contributed by atoms with Gasteiger partial charge in [0.25, 0.3) is 6.43 Å². The molecule has 0 amide bonds. The van der Waals surface area contributed by atoms with Gasteiger partial charge in [0.05, 0.1) is 6.10 Å². The van der Waals surface area contributed by atoms with Gasteiger partial charge in [-0.15, -0.1) is 0 Å². The van der Waals surface area contributed by atoms with E-state index in [-0.39, 0.29) is 10.6 Å². The Morgan fingerprint density at radius 1 is 1.44 bits per heavy atom. The van der Waals surface area contributed by atoms with Crippen molar-refractivity contribution in [2.75, 3.05) is 0 Å². The molecule has 0 radical (unpaired) electrons. The first-order chi connectivity index (χ1) is 7.48. The van der Waals surface area contributed by atoms with Gasteiger partial charge in [0.15, 0.2) is 0 Å². The molecule has 3 N–H and O–H groups in total. The lowest BCUT2D eigenvalue weighted by Crippen LogP contribution is -2.47. The highest BCUT2D eigenvalue weighted by Gasteiger charge is 2.56. The van der Waals surface area contributed by atoms with Gasteiger partial charge in [0, 0.05) is 10.9 Å². The SMILES string of the molecule is NC(c1ccccc1Cl)(C(F)F)C1CC1O. The zero-order chi connectivity index (χ0) is 11.9. The van der Waals surface area contributed by atoms with Crippen molar-refractivity contribution in [2.24, 2.45) is 11.7 Å². The maximum atomic E-state index is 13.1.